The Morgan fingerprint density at radius 2 is 2.22 bits per heavy atom. The van der Waals surface area contributed by atoms with Crippen LogP contribution in [0.2, 0.25) is 0 Å². The topological polar surface area (TPSA) is 58.7 Å². The standard InChI is InChI=1S/C13H14BN3O/c1-17-11(18)13(8-5-6-8,16-12(17)15)9-3-2-4-10(14)7-9/h2-4,7-8H,5-6H2,1H3,(H2,15,16). The predicted molar refractivity (Wildman–Crippen MR) is 70.6 cm³/mol. The molecule has 1 aromatic rings. The highest BCUT2D eigenvalue weighted by Crippen LogP contribution is 2.51. The maximum atomic E-state index is 12.5. The number of rotatable bonds is 2. The van der Waals surface area contributed by atoms with Crippen LogP contribution < -0.4 is 11.2 Å². The number of hydrogen-bond donors (Lipinski definition) is 1. The van der Waals surface area contributed by atoms with E-state index in [4.69, 9.17) is 13.6 Å². The minimum absolute atomic E-state index is 0.0481. The van der Waals surface area contributed by atoms with Gasteiger partial charge in [0, 0.05) is 7.05 Å². The van der Waals surface area contributed by atoms with Gasteiger partial charge in [0.15, 0.2) is 11.5 Å². The van der Waals surface area contributed by atoms with Crippen molar-refractivity contribution in [2.75, 3.05) is 7.05 Å². The third kappa shape index (κ3) is 1.40. The highest BCUT2D eigenvalue weighted by molar-refractivity contribution is 6.32. The van der Waals surface area contributed by atoms with Gasteiger partial charge in [-0.2, -0.15) is 0 Å². The molecule has 2 N–H and O–H groups in total. The molecule has 2 aliphatic rings. The van der Waals surface area contributed by atoms with Gasteiger partial charge in [-0.3, -0.25) is 9.69 Å². The van der Waals surface area contributed by atoms with E-state index in [1.807, 2.05) is 18.2 Å². The van der Waals surface area contributed by atoms with Gasteiger partial charge in [-0.25, -0.2) is 4.99 Å². The van der Waals surface area contributed by atoms with E-state index < -0.39 is 5.54 Å². The predicted octanol–water partition coefficient (Wildman–Crippen LogP) is -0.128. The van der Waals surface area contributed by atoms with E-state index in [1.54, 1.807) is 13.1 Å². The number of benzene rings is 1. The normalized spacial score (nSPS) is 27.5. The Morgan fingerprint density at radius 1 is 1.50 bits per heavy atom. The quantitative estimate of drug-likeness (QED) is 0.731. The van der Waals surface area contributed by atoms with Crippen LogP contribution in [-0.2, 0) is 10.3 Å². The lowest BCUT2D eigenvalue weighted by Crippen LogP contribution is -2.42. The Bertz CT molecular complexity index is 553. The van der Waals surface area contributed by atoms with E-state index in [1.165, 1.54) is 4.90 Å². The van der Waals surface area contributed by atoms with Gasteiger partial charge in [0.2, 0.25) is 0 Å². The van der Waals surface area contributed by atoms with Crippen molar-refractivity contribution in [1.29, 1.82) is 0 Å². The van der Waals surface area contributed by atoms with Gasteiger partial charge in [-0.1, -0.05) is 29.7 Å². The number of aliphatic imine (C=N–C) groups is 1. The monoisotopic (exact) mass is 239 g/mol. The summed E-state index contributed by atoms with van der Waals surface area (Å²) in [7, 11) is 7.48. The van der Waals surface area contributed by atoms with Crippen LogP contribution in [0.1, 0.15) is 18.4 Å². The molecule has 18 heavy (non-hydrogen) atoms. The second-order valence-electron chi connectivity index (χ2n) is 5.00. The summed E-state index contributed by atoms with van der Waals surface area (Å²) in [5, 5.41) is 0. The molecule has 90 valence electrons. The summed E-state index contributed by atoms with van der Waals surface area (Å²) in [4.78, 5) is 18.4. The highest BCUT2D eigenvalue weighted by Gasteiger charge is 2.57. The first kappa shape index (κ1) is 11.3. The Kier molecular flexibility index (Phi) is 2.27. The number of nitrogens with zero attached hydrogens (tertiary/aromatic N) is 2. The molecular formula is C13H14BN3O. The van der Waals surface area contributed by atoms with Gasteiger partial charge in [0.05, 0.1) is 0 Å². The van der Waals surface area contributed by atoms with Crippen molar-refractivity contribution in [2.45, 2.75) is 18.4 Å². The second kappa shape index (κ2) is 3.61. The van der Waals surface area contributed by atoms with Gasteiger partial charge in [0.1, 0.15) is 7.85 Å². The minimum Gasteiger partial charge on any atom is -0.369 e. The second-order valence-corrected chi connectivity index (χ2v) is 5.00. The van der Waals surface area contributed by atoms with Crippen LogP contribution in [0.3, 0.4) is 0 Å². The van der Waals surface area contributed by atoms with Crippen LogP contribution in [0.15, 0.2) is 29.3 Å². The Labute approximate surface area is 107 Å². The van der Waals surface area contributed by atoms with Crippen molar-refractivity contribution in [2.24, 2.45) is 16.6 Å². The maximum Gasteiger partial charge on any atom is 0.261 e. The molecule has 1 unspecified atom stereocenters. The zero-order valence-electron chi connectivity index (χ0n) is 10.3. The van der Waals surface area contributed by atoms with Crippen LogP contribution in [0.25, 0.3) is 0 Å². The van der Waals surface area contributed by atoms with Crippen LogP contribution in [0.4, 0.5) is 0 Å². The lowest BCUT2D eigenvalue weighted by atomic mass is 9.82. The number of amides is 1. The largest absolute Gasteiger partial charge is 0.369 e. The molecule has 1 aromatic carbocycles. The molecule has 0 spiro atoms. The lowest BCUT2D eigenvalue weighted by Gasteiger charge is -2.25. The fourth-order valence-electron chi connectivity index (χ4n) is 2.63. The Hall–Kier alpha value is -1.78. The Balaban J connectivity index is 2.17. The van der Waals surface area contributed by atoms with Crippen LogP contribution >= 0.6 is 0 Å². The summed E-state index contributed by atoms with van der Waals surface area (Å²) in [5.74, 6) is 0.484. The molecule has 1 fully saturated rings. The molecule has 1 atom stereocenters. The molecule has 1 aliphatic heterocycles. The summed E-state index contributed by atoms with van der Waals surface area (Å²) in [6.07, 6.45) is 2.01. The number of carbonyl (C=O) groups excluding carboxylic acids is 1. The SMILES string of the molecule is [B]c1cccc(C2(C3CC3)N=C(N)N(C)C2=O)c1. The van der Waals surface area contributed by atoms with E-state index >= 15 is 0 Å². The molecule has 2 radical (unpaired) electrons. The molecule has 0 saturated heterocycles. The average Bonchev–Trinajstić information content (AvgIpc) is 3.15. The van der Waals surface area contributed by atoms with E-state index in [-0.39, 0.29) is 17.8 Å². The molecule has 1 amide bonds. The van der Waals surface area contributed by atoms with Crippen molar-refractivity contribution in [3.8, 4) is 0 Å². The van der Waals surface area contributed by atoms with E-state index in [0.29, 0.717) is 5.46 Å². The van der Waals surface area contributed by atoms with Gasteiger partial charge < -0.3 is 5.73 Å². The molecular weight excluding hydrogens is 225 g/mol. The molecule has 1 aliphatic carbocycles. The first-order valence-corrected chi connectivity index (χ1v) is 6.05. The van der Waals surface area contributed by atoms with Gasteiger partial charge in [-0.05, 0) is 24.3 Å². The third-order valence-electron chi connectivity index (χ3n) is 3.76. The lowest BCUT2D eigenvalue weighted by molar-refractivity contribution is -0.131. The smallest absolute Gasteiger partial charge is 0.261 e. The number of hydrogen-bond acceptors (Lipinski definition) is 3. The summed E-state index contributed by atoms with van der Waals surface area (Å²) in [6, 6.07) is 7.39. The maximum absolute atomic E-state index is 12.5. The van der Waals surface area contributed by atoms with Crippen molar-refractivity contribution in [3.05, 3.63) is 29.8 Å². The van der Waals surface area contributed by atoms with E-state index in [0.717, 1.165) is 18.4 Å². The number of guanidine groups is 1. The number of nitrogens with two attached hydrogens (primary N) is 1. The van der Waals surface area contributed by atoms with Gasteiger partial charge in [-0.15, -0.1) is 0 Å². The molecule has 1 saturated carbocycles. The first-order chi connectivity index (χ1) is 8.55. The zero-order valence-corrected chi connectivity index (χ0v) is 10.3. The van der Waals surface area contributed by atoms with Crippen LogP contribution in [0.5, 0.6) is 0 Å². The van der Waals surface area contributed by atoms with Gasteiger partial charge >= 0.3 is 0 Å². The van der Waals surface area contributed by atoms with Crippen LogP contribution in [0, 0.1) is 5.92 Å². The van der Waals surface area contributed by atoms with E-state index in [2.05, 4.69) is 4.99 Å². The summed E-state index contributed by atoms with van der Waals surface area (Å²) >= 11 is 0. The Morgan fingerprint density at radius 3 is 2.72 bits per heavy atom. The van der Waals surface area contributed by atoms with Crippen molar-refractivity contribution in [3.63, 3.8) is 0 Å². The molecule has 3 rings (SSSR count). The van der Waals surface area contributed by atoms with Crippen molar-refractivity contribution >= 4 is 25.2 Å². The summed E-state index contributed by atoms with van der Waals surface area (Å²) in [6.45, 7) is 0. The van der Waals surface area contributed by atoms with Crippen molar-refractivity contribution < 1.29 is 4.79 Å². The fourth-order valence-corrected chi connectivity index (χ4v) is 2.63. The molecule has 0 bridgehead atoms. The molecule has 5 heteroatoms. The average molecular weight is 239 g/mol. The first-order valence-electron chi connectivity index (χ1n) is 6.05. The zero-order chi connectivity index (χ0) is 12.9. The number of carbonyl (C=O) groups is 1. The summed E-state index contributed by atoms with van der Waals surface area (Å²) < 4.78 is 0. The van der Waals surface area contributed by atoms with Crippen molar-refractivity contribution in [1.82, 2.24) is 4.90 Å². The fraction of sp³-hybridized carbons (Fsp3) is 0.385. The van der Waals surface area contributed by atoms with Gasteiger partial charge in [0.25, 0.3) is 5.91 Å². The van der Waals surface area contributed by atoms with E-state index in [9.17, 15) is 4.79 Å². The summed E-state index contributed by atoms with van der Waals surface area (Å²) in [5.41, 5.74) is 6.46. The van der Waals surface area contributed by atoms with Crippen LogP contribution in [-0.4, -0.2) is 31.7 Å². The minimum atomic E-state index is -0.839. The third-order valence-corrected chi connectivity index (χ3v) is 3.76. The molecule has 4 nitrogen and oxygen atoms in total. The molecule has 1 heterocycles. The number of likely N-dealkylation sites (N-methyl/N-ethyl adjacent to an activating group) is 1. The highest BCUT2D eigenvalue weighted by atomic mass is 16.2. The molecule has 0 aromatic heterocycles.